The van der Waals surface area contributed by atoms with Crippen LogP contribution < -0.4 is 5.32 Å². The SMILES string of the molecule is Fc1ccc2[nH]cc(-c3cccc(NCc4ccccc4)n3)c2c1. The number of benzene rings is 2. The van der Waals surface area contributed by atoms with Crippen molar-refractivity contribution in [1.29, 1.82) is 0 Å². The van der Waals surface area contributed by atoms with Gasteiger partial charge in [-0.2, -0.15) is 0 Å². The van der Waals surface area contributed by atoms with Crippen molar-refractivity contribution >= 4 is 16.7 Å². The molecular weight excluding hydrogens is 301 g/mol. The summed E-state index contributed by atoms with van der Waals surface area (Å²) in [6.45, 7) is 0.708. The second-order valence-corrected chi connectivity index (χ2v) is 5.64. The van der Waals surface area contributed by atoms with E-state index < -0.39 is 0 Å². The standard InChI is InChI=1S/C20H16FN3/c21-15-9-10-18-16(11-15)17(13-22-18)19-7-4-8-20(24-19)23-12-14-5-2-1-3-6-14/h1-11,13,22H,12H2,(H,23,24). The molecule has 0 unspecified atom stereocenters. The Kier molecular flexibility index (Phi) is 3.71. The number of anilines is 1. The molecule has 0 aliphatic rings. The molecule has 0 aliphatic heterocycles. The number of hydrogen-bond donors (Lipinski definition) is 2. The van der Waals surface area contributed by atoms with Gasteiger partial charge in [0, 0.05) is 29.2 Å². The van der Waals surface area contributed by atoms with Gasteiger partial charge in [0.2, 0.25) is 0 Å². The lowest BCUT2D eigenvalue weighted by atomic mass is 10.1. The number of H-pyrrole nitrogens is 1. The number of fused-ring (bicyclic) bond motifs is 1. The zero-order valence-electron chi connectivity index (χ0n) is 13.0. The number of aromatic amines is 1. The first-order valence-corrected chi connectivity index (χ1v) is 7.81. The molecular formula is C20H16FN3. The van der Waals surface area contributed by atoms with Crippen LogP contribution in [0.15, 0.2) is 72.9 Å². The predicted molar refractivity (Wildman–Crippen MR) is 95.3 cm³/mol. The molecule has 4 aromatic rings. The zero-order chi connectivity index (χ0) is 16.4. The average Bonchev–Trinajstić information content (AvgIpc) is 3.04. The number of nitrogens with zero attached hydrogens (tertiary/aromatic N) is 1. The molecule has 4 heteroatoms. The van der Waals surface area contributed by atoms with E-state index in [4.69, 9.17) is 0 Å². The Balaban J connectivity index is 1.63. The van der Waals surface area contributed by atoms with Gasteiger partial charge in [-0.3, -0.25) is 0 Å². The van der Waals surface area contributed by atoms with Crippen LogP contribution in [0, 0.1) is 5.82 Å². The average molecular weight is 317 g/mol. The molecule has 0 amide bonds. The van der Waals surface area contributed by atoms with Crippen LogP contribution in [0.4, 0.5) is 10.2 Å². The predicted octanol–water partition coefficient (Wildman–Crippen LogP) is 4.98. The molecule has 0 radical (unpaired) electrons. The van der Waals surface area contributed by atoms with Gasteiger partial charge in [-0.15, -0.1) is 0 Å². The summed E-state index contributed by atoms with van der Waals surface area (Å²) in [5, 5.41) is 4.16. The summed E-state index contributed by atoms with van der Waals surface area (Å²) in [5.41, 5.74) is 3.80. The van der Waals surface area contributed by atoms with Gasteiger partial charge < -0.3 is 10.3 Å². The van der Waals surface area contributed by atoms with Crippen LogP contribution in [0.5, 0.6) is 0 Å². The van der Waals surface area contributed by atoms with E-state index in [2.05, 4.69) is 27.4 Å². The molecule has 0 aliphatic carbocycles. The van der Waals surface area contributed by atoms with Crippen molar-refractivity contribution in [3.05, 3.63) is 84.3 Å². The van der Waals surface area contributed by atoms with E-state index in [1.165, 1.54) is 17.7 Å². The van der Waals surface area contributed by atoms with Crippen molar-refractivity contribution in [2.24, 2.45) is 0 Å². The molecule has 3 nitrogen and oxygen atoms in total. The summed E-state index contributed by atoms with van der Waals surface area (Å²) in [6.07, 6.45) is 1.87. The fourth-order valence-corrected chi connectivity index (χ4v) is 2.78. The first-order valence-electron chi connectivity index (χ1n) is 7.81. The Bertz CT molecular complexity index is 977. The van der Waals surface area contributed by atoms with Gasteiger partial charge in [-0.05, 0) is 35.9 Å². The van der Waals surface area contributed by atoms with Gasteiger partial charge in [0.1, 0.15) is 11.6 Å². The molecule has 2 heterocycles. The van der Waals surface area contributed by atoms with Gasteiger partial charge in [-0.25, -0.2) is 9.37 Å². The molecule has 2 N–H and O–H groups in total. The van der Waals surface area contributed by atoms with Gasteiger partial charge in [0.25, 0.3) is 0 Å². The van der Waals surface area contributed by atoms with Crippen molar-refractivity contribution in [3.8, 4) is 11.3 Å². The summed E-state index contributed by atoms with van der Waals surface area (Å²) in [6, 6.07) is 20.7. The van der Waals surface area contributed by atoms with E-state index in [-0.39, 0.29) is 5.82 Å². The fourth-order valence-electron chi connectivity index (χ4n) is 2.78. The largest absolute Gasteiger partial charge is 0.366 e. The summed E-state index contributed by atoms with van der Waals surface area (Å²) >= 11 is 0. The van der Waals surface area contributed by atoms with Crippen LogP contribution in [0.3, 0.4) is 0 Å². The lowest BCUT2D eigenvalue weighted by Crippen LogP contribution is -2.01. The molecule has 0 saturated heterocycles. The lowest BCUT2D eigenvalue weighted by molar-refractivity contribution is 0.630. The minimum atomic E-state index is -0.248. The zero-order valence-corrected chi connectivity index (χ0v) is 13.0. The van der Waals surface area contributed by atoms with Gasteiger partial charge in [0.15, 0.2) is 0 Å². The lowest BCUT2D eigenvalue weighted by Gasteiger charge is -2.07. The van der Waals surface area contributed by atoms with Gasteiger partial charge in [-0.1, -0.05) is 36.4 Å². The first kappa shape index (κ1) is 14.5. The van der Waals surface area contributed by atoms with Gasteiger partial charge in [0.05, 0.1) is 5.69 Å². The Morgan fingerprint density at radius 2 is 1.83 bits per heavy atom. The first-order chi connectivity index (χ1) is 11.8. The van der Waals surface area contributed by atoms with E-state index in [1.807, 2.05) is 42.6 Å². The molecule has 0 saturated carbocycles. The highest BCUT2D eigenvalue weighted by atomic mass is 19.1. The monoisotopic (exact) mass is 317 g/mol. The number of pyridine rings is 1. The fraction of sp³-hybridized carbons (Fsp3) is 0.0500. The van der Waals surface area contributed by atoms with E-state index in [1.54, 1.807) is 6.07 Å². The smallest absolute Gasteiger partial charge is 0.126 e. The van der Waals surface area contributed by atoms with E-state index >= 15 is 0 Å². The third kappa shape index (κ3) is 2.86. The van der Waals surface area contributed by atoms with Crippen LogP contribution in [-0.4, -0.2) is 9.97 Å². The molecule has 0 bridgehead atoms. The maximum atomic E-state index is 13.6. The van der Waals surface area contributed by atoms with E-state index in [9.17, 15) is 4.39 Å². The topological polar surface area (TPSA) is 40.7 Å². The summed E-state index contributed by atoms with van der Waals surface area (Å²) in [5.74, 6) is 0.545. The van der Waals surface area contributed by atoms with Crippen LogP contribution in [0.25, 0.3) is 22.2 Å². The number of rotatable bonds is 4. The van der Waals surface area contributed by atoms with Crippen LogP contribution in [0.1, 0.15) is 5.56 Å². The molecule has 118 valence electrons. The van der Waals surface area contributed by atoms with E-state index in [0.29, 0.717) is 6.54 Å². The van der Waals surface area contributed by atoms with Gasteiger partial charge >= 0.3 is 0 Å². The van der Waals surface area contributed by atoms with Crippen molar-refractivity contribution in [2.75, 3.05) is 5.32 Å². The molecule has 2 aromatic heterocycles. The van der Waals surface area contributed by atoms with Crippen LogP contribution in [-0.2, 0) is 6.54 Å². The Morgan fingerprint density at radius 1 is 0.958 bits per heavy atom. The maximum absolute atomic E-state index is 13.6. The number of nitrogens with one attached hydrogen (secondary N) is 2. The second-order valence-electron chi connectivity index (χ2n) is 5.64. The third-order valence-corrected chi connectivity index (χ3v) is 3.99. The van der Waals surface area contributed by atoms with Crippen LogP contribution in [0.2, 0.25) is 0 Å². The molecule has 0 spiro atoms. The van der Waals surface area contributed by atoms with Crippen molar-refractivity contribution in [2.45, 2.75) is 6.54 Å². The minimum Gasteiger partial charge on any atom is -0.366 e. The van der Waals surface area contributed by atoms with Crippen molar-refractivity contribution < 1.29 is 4.39 Å². The van der Waals surface area contributed by atoms with Crippen molar-refractivity contribution in [3.63, 3.8) is 0 Å². The quantitative estimate of drug-likeness (QED) is 0.557. The summed E-state index contributed by atoms with van der Waals surface area (Å²) in [4.78, 5) is 7.82. The molecule has 0 fully saturated rings. The Labute approximate surface area is 139 Å². The Morgan fingerprint density at radius 3 is 2.71 bits per heavy atom. The maximum Gasteiger partial charge on any atom is 0.126 e. The third-order valence-electron chi connectivity index (χ3n) is 3.99. The van der Waals surface area contributed by atoms with E-state index in [0.717, 1.165) is 28.0 Å². The number of halogens is 1. The molecule has 0 atom stereocenters. The number of aromatic nitrogens is 2. The molecule has 2 aromatic carbocycles. The molecule has 24 heavy (non-hydrogen) atoms. The van der Waals surface area contributed by atoms with Crippen molar-refractivity contribution in [1.82, 2.24) is 9.97 Å². The highest BCUT2D eigenvalue weighted by Crippen LogP contribution is 2.28. The number of hydrogen-bond acceptors (Lipinski definition) is 2. The Hall–Kier alpha value is -3.14. The highest BCUT2D eigenvalue weighted by molar-refractivity contribution is 5.94. The second kappa shape index (κ2) is 6.16. The molecule has 4 rings (SSSR count). The normalized spacial score (nSPS) is 10.9. The minimum absolute atomic E-state index is 0.248. The highest BCUT2D eigenvalue weighted by Gasteiger charge is 2.09. The van der Waals surface area contributed by atoms with Crippen LogP contribution >= 0.6 is 0 Å². The summed E-state index contributed by atoms with van der Waals surface area (Å²) in [7, 11) is 0. The summed E-state index contributed by atoms with van der Waals surface area (Å²) < 4.78 is 13.6.